The zero-order valence-electron chi connectivity index (χ0n) is 10.2. The number of halogens is 1. The summed E-state index contributed by atoms with van der Waals surface area (Å²) < 4.78 is 2.76. The van der Waals surface area contributed by atoms with Crippen LogP contribution in [0.2, 0.25) is 0 Å². The molecule has 0 amide bonds. The fourth-order valence-electron chi connectivity index (χ4n) is 1.61. The molecule has 0 aliphatic heterocycles. The van der Waals surface area contributed by atoms with Crippen molar-refractivity contribution in [2.24, 2.45) is 7.05 Å². The van der Waals surface area contributed by atoms with Gasteiger partial charge in [-0.3, -0.25) is 9.48 Å². The number of carbonyl (C=O) groups is 1. The van der Waals surface area contributed by atoms with E-state index in [1.165, 1.54) is 0 Å². The molecule has 1 aromatic heterocycles. The Morgan fingerprint density at radius 3 is 2.56 bits per heavy atom. The summed E-state index contributed by atoms with van der Waals surface area (Å²) in [5.41, 5.74) is 1.97. The summed E-state index contributed by atoms with van der Waals surface area (Å²) in [4.78, 5) is 13.6. The first kappa shape index (κ1) is 13.4. The van der Waals surface area contributed by atoms with E-state index >= 15 is 0 Å². The van der Waals surface area contributed by atoms with Crippen molar-refractivity contribution in [3.63, 3.8) is 0 Å². The van der Waals surface area contributed by atoms with Crippen LogP contribution in [0.15, 0.2) is 4.47 Å². The maximum Gasteiger partial charge on any atom is 0.152 e. The molecule has 0 saturated carbocycles. The number of likely N-dealkylation sites (N-methyl/N-ethyl adjacent to an activating group) is 1. The molecule has 0 aliphatic carbocycles. The lowest BCUT2D eigenvalue weighted by molar-refractivity contribution is -0.119. The van der Waals surface area contributed by atoms with E-state index in [-0.39, 0.29) is 5.78 Å². The SMILES string of the molecule is CCc1nn(C)c(CC(=O)CN(C)C)c1Br. The minimum absolute atomic E-state index is 0.205. The Bertz CT molecular complexity index is 385. The highest BCUT2D eigenvalue weighted by molar-refractivity contribution is 9.10. The van der Waals surface area contributed by atoms with Crippen LogP contribution in [0, 0.1) is 0 Å². The molecule has 4 nitrogen and oxygen atoms in total. The second kappa shape index (κ2) is 5.59. The predicted octanol–water partition coefficient (Wildman–Crippen LogP) is 1.42. The van der Waals surface area contributed by atoms with Crippen LogP contribution in [0.1, 0.15) is 18.3 Å². The number of aromatic nitrogens is 2. The minimum Gasteiger partial charge on any atom is -0.302 e. The summed E-state index contributed by atoms with van der Waals surface area (Å²) in [6, 6.07) is 0. The fraction of sp³-hybridized carbons (Fsp3) is 0.636. The first-order chi connectivity index (χ1) is 7.45. The summed E-state index contributed by atoms with van der Waals surface area (Å²) in [6.07, 6.45) is 1.30. The summed E-state index contributed by atoms with van der Waals surface area (Å²) in [5.74, 6) is 0.205. The van der Waals surface area contributed by atoms with E-state index in [1.807, 2.05) is 26.0 Å². The second-order valence-electron chi connectivity index (χ2n) is 4.14. The topological polar surface area (TPSA) is 38.1 Å². The molecule has 0 N–H and O–H groups in total. The van der Waals surface area contributed by atoms with Gasteiger partial charge in [-0.15, -0.1) is 0 Å². The molecule has 16 heavy (non-hydrogen) atoms. The Hall–Kier alpha value is -0.680. The van der Waals surface area contributed by atoms with Crippen molar-refractivity contribution in [3.8, 4) is 0 Å². The number of hydrogen-bond acceptors (Lipinski definition) is 3. The lowest BCUT2D eigenvalue weighted by atomic mass is 10.2. The predicted molar refractivity (Wildman–Crippen MR) is 67.6 cm³/mol. The molecule has 0 spiro atoms. The van der Waals surface area contributed by atoms with Crippen LogP contribution < -0.4 is 0 Å². The smallest absolute Gasteiger partial charge is 0.152 e. The normalized spacial score (nSPS) is 11.1. The fourth-order valence-corrected chi connectivity index (χ4v) is 2.36. The maximum atomic E-state index is 11.7. The van der Waals surface area contributed by atoms with Crippen LogP contribution in [-0.4, -0.2) is 41.1 Å². The average molecular weight is 288 g/mol. The van der Waals surface area contributed by atoms with Crippen LogP contribution in [0.3, 0.4) is 0 Å². The monoisotopic (exact) mass is 287 g/mol. The van der Waals surface area contributed by atoms with Gasteiger partial charge in [-0.1, -0.05) is 6.92 Å². The van der Waals surface area contributed by atoms with Crippen LogP contribution in [-0.2, 0) is 24.7 Å². The first-order valence-corrected chi connectivity index (χ1v) is 6.11. The van der Waals surface area contributed by atoms with Crippen molar-refractivity contribution in [1.82, 2.24) is 14.7 Å². The highest BCUT2D eigenvalue weighted by Gasteiger charge is 2.15. The van der Waals surface area contributed by atoms with E-state index in [9.17, 15) is 4.79 Å². The largest absolute Gasteiger partial charge is 0.302 e. The van der Waals surface area contributed by atoms with Crippen molar-refractivity contribution in [2.45, 2.75) is 19.8 Å². The molecule has 0 bridgehead atoms. The summed E-state index contributed by atoms with van der Waals surface area (Å²) >= 11 is 3.51. The first-order valence-electron chi connectivity index (χ1n) is 5.32. The summed E-state index contributed by atoms with van der Waals surface area (Å²) in [7, 11) is 5.67. The van der Waals surface area contributed by atoms with Gasteiger partial charge in [0.05, 0.1) is 28.8 Å². The zero-order chi connectivity index (χ0) is 12.3. The van der Waals surface area contributed by atoms with E-state index < -0.39 is 0 Å². The maximum absolute atomic E-state index is 11.7. The third kappa shape index (κ3) is 3.15. The lowest BCUT2D eigenvalue weighted by Gasteiger charge is -2.08. The number of ketones is 1. The number of carbonyl (C=O) groups excluding carboxylic acids is 1. The van der Waals surface area contributed by atoms with Gasteiger partial charge in [0.1, 0.15) is 0 Å². The van der Waals surface area contributed by atoms with Gasteiger partial charge in [-0.2, -0.15) is 5.10 Å². The van der Waals surface area contributed by atoms with Crippen LogP contribution in [0.25, 0.3) is 0 Å². The molecule has 0 radical (unpaired) electrons. The van der Waals surface area contributed by atoms with Gasteiger partial charge in [0.2, 0.25) is 0 Å². The quantitative estimate of drug-likeness (QED) is 0.822. The highest BCUT2D eigenvalue weighted by atomic mass is 79.9. The average Bonchev–Trinajstić information content (AvgIpc) is 2.44. The van der Waals surface area contributed by atoms with Crippen molar-refractivity contribution in [1.29, 1.82) is 0 Å². The number of aryl methyl sites for hydroxylation is 2. The molecule has 0 aromatic carbocycles. The van der Waals surface area contributed by atoms with Gasteiger partial charge >= 0.3 is 0 Å². The number of rotatable bonds is 5. The Balaban J connectivity index is 2.81. The Morgan fingerprint density at radius 1 is 1.50 bits per heavy atom. The molecule has 0 saturated heterocycles. The van der Waals surface area contributed by atoms with Crippen LogP contribution in [0.5, 0.6) is 0 Å². The molecule has 0 fully saturated rings. The van der Waals surface area contributed by atoms with Crippen molar-refractivity contribution < 1.29 is 4.79 Å². The molecule has 5 heteroatoms. The molecular formula is C11H18BrN3O. The van der Waals surface area contributed by atoms with Gasteiger partial charge in [-0.05, 0) is 36.4 Å². The number of Topliss-reactive ketones (excluding diaryl/α,β-unsaturated/α-hetero) is 1. The van der Waals surface area contributed by atoms with Gasteiger partial charge in [0.25, 0.3) is 0 Å². The Morgan fingerprint density at radius 2 is 2.12 bits per heavy atom. The minimum atomic E-state index is 0.205. The molecule has 90 valence electrons. The standard InChI is InChI=1S/C11H18BrN3O/c1-5-9-11(12)10(15(4)13-9)6-8(16)7-14(2)3/h5-7H2,1-4H3. The van der Waals surface area contributed by atoms with E-state index in [0.717, 1.165) is 22.3 Å². The molecule has 1 rings (SSSR count). The summed E-state index contributed by atoms with van der Waals surface area (Å²) in [5, 5.41) is 4.36. The van der Waals surface area contributed by atoms with E-state index in [1.54, 1.807) is 4.68 Å². The molecule has 0 atom stereocenters. The third-order valence-electron chi connectivity index (χ3n) is 2.36. The summed E-state index contributed by atoms with van der Waals surface area (Å²) in [6.45, 7) is 2.53. The van der Waals surface area contributed by atoms with Crippen LogP contribution >= 0.6 is 15.9 Å². The van der Waals surface area contributed by atoms with Crippen molar-refractivity contribution in [3.05, 3.63) is 15.9 Å². The Labute approximate surface area is 105 Å². The van der Waals surface area contributed by atoms with Crippen molar-refractivity contribution in [2.75, 3.05) is 20.6 Å². The third-order valence-corrected chi connectivity index (χ3v) is 3.28. The van der Waals surface area contributed by atoms with Crippen molar-refractivity contribution >= 4 is 21.7 Å². The Kier molecular flexibility index (Phi) is 4.68. The molecule has 0 aliphatic rings. The molecular weight excluding hydrogens is 270 g/mol. The van der Waals surface area contributed by atoms with Gasteiger partial charge in [-0.25, -0.2) is 0 Å². The molecule has 0 unspecified atom stereocenters. The number of nitrogens with zero attached hydrogens (tertiary/aromatic N) is 3. The molecule has 1 heterocycles. The van der Waals surface area contributed by atoms with Gasteiger partial charge in [0, 0.05) is 7.05 Å². The zero-order valence-corrected chi connectivity index (χ0v) is 11.8. The molecule has 1 aromatic rings. The van der Waals surface area contributed by atoms with Gasteiger partial charge in [0.15, 0.2) is 5.78 Å². The van der Waals surface area contributed by atoms with E-state index in [4.69, 9.17) is 0 Å². The van der Waals surface area contributed by atoms with Crippen LogP contribution in [0.4, 0.5) is 0 Å². The number of hydrogen-bond donors (Lipinski definition) is 0. The van der Waals surface area contributed by atoms with Gasteiger partial charge < -0.3 is 4.90 Å². The highest BCUT2D eigenvalue weighted by Crippen LogP contribution is 2.22. The van der Waals surface area contributed by atoms with E-state index in [2.05, 4.69) is 28.0 Å². The van der Waals surface area contributed by atoms with E-state index in [0.29, 0.717) is 13.0 Å². The lowest BCUT2D eigenvalue weighted by Crippen LogP contribution is -2.23. The second-order valence-corrected chi connectivity index (χ2v) is 4.93.